The van der Waals surface area contributed by atoms with Crippen molar-refractivity contribution in [1.82, 2.24) is 9.55 Å². The lowest BCUT2D eigenvalue weighted by Gasteiger charge is -2.09. The molecule has 0 aliphatic rings. The van der Waals surface area contributed by atoms with Crippen molar-refractivity contribution in [3.05, 3.63) is 59.5 Å². The zero-order valence-corrected chi connectivity index (χ0v) is 12.0. The van der Waals surface area contributed by atoms with Gasteiger partial charge in [0.15, 0.2) is 0 Å². The molecule has 2 aromatic heterocycles. The van der Waals surface area contributed by atoms with E-state index in [1.165, 1.54) is 0 Å². The van der Waals surface area contributed by atoms with Gasteiger partial charge in [-0.2, -0.15) is 0 Å². The summed E-state index contributed by atoms with van der Waals surface area (Å²) in [5.41, 5.74) is 2.25. The van der Waals surface area contributed by atoms with Gasteiger partial charge in [-0.1, -0.05) is 17.7 Å². The van der Waals surface area contributed by atoms with Crippen LogP contribution < -0.4 is 4.74 Å². The summed E-state index contributed by atoms with van der Waals surface area (Å²) in [5.74, 6) is 0.770. The van der Waals surface area contributed by atoms with Crippen molar-refractivity contribution in [2.24, 2.45) is 0 Å². The van der Waals surface area contributed by atoms with Gasteiger partial charge >= 0.3 is 0 Å². The molecular weight excluding hydrogens is 272 g/mol. The Morgan fingerprint density at radius 2 is 2.15 bits per heavy atom. The van der Waals surface area contributed by atoms with Gasteiger partial charge in [-0.05, 0) is 37.3 Å². The summed E-state index contributed by atoms with van der Waals surface area (Å²) in [6.07, 6.45) is 3.45. The van der Waals surface area contributed by atoms with Crippen LogP contribution in [0.2, 0.25) is 5.02 Å². The highest BCUT2D eigenvalue weighted by Gasteiger charge is 2.10. The maximum Gasteiger partial charge on any atom is 0.138 e. The third kappa shape index (κ3) is 2.37. The van der Waals surface area contributed by atoms with Gasteiger partial charge in [0.2, 0.25) is 0 Å². The molecule has 3 rings (SSSR count). The lowest BCUT2D eigenvalue weighted by Crippen LogP contribution is -2.04. The fourth-order valence-electron chi connectivity index (χ4n) is 2.39. The second kappa shape index (κ2) is 5.55. The first-order chi connectivity index (χ1) is 9.79. The fourth-order valence-corrected chi connectivity index (χ4v) is 2.61. The van der Waals surface area contributed by atoms with E-state index in [0.717, 1.165) is 33.9 Å². The number of hydrogen-bond donors (Lipinski definition) is 0. The average Bonchev–Trinajstić information content (AvgIpc) is 2.85. The Bertz CT molecular complexity index is 722. The van der Waals surface area contributed by atoms with Gasteiger partial charge in [-0.3, -0.25) is 4.98 Å². The van der Waals surface area contributed by atoms with Crippen LogP contribution in [0.5, 0.6) is 5.75 Å². The largest absolute Gasteiger partial charge is 0.486 e. The van der Waals surface area contributed by atoms with E-state index in [9.17, 15) is 0 Å². The minimum atomic E-state index is 0.505. The fraction of sp³-hybridized carbons (Fsp3) is 0.188. The summed E-state index contributed by atoms with van der Waals surface area (Å²) in [6, 6.07) is 11.8. The van der Waals surface area contributed by atoms with Crippen molar-refractivity contribution in [1.29, 1.82) is 0 Å². The molecule has 20 heavy (non-hydrogen) atoms. The molecule has 102 valence electrons. The molecule has 3 aromatic rings. The van der Waals surface area contributed by atoms with Crippen molar-refractivity contribution < 1.29 is 4.74 Å². The van der Waals surface area contributed by atoms with Gasteiger partial charge in [-0.15, -0.1) is 0 Å². The zero-order chi connectivity index (χ0) is 13.9. The van der Waals surface area contributed by atoms with E-state index in [2.05, 4.69) is 28.6 Å². The number of benzene rings is 1. The van der Waals surface area contributed by atoms with Crippen LogP contribution in [0.1, 0.15) is 12.6 Å². The second-order valence-corrected chi connectivity index (χ2v) is 4.94. The number of aryl methyl sites for hydroxylation is 1. The Morgan fingerprint density at radius 1 is 1.25 bits per heavy atom. The van der Waals surface area contributed by atoms with E-state index < -0.39 is 0 Å². The minimum absolute atomic E-state index is 0.505. The summed E-state index contributed by atoms with van der Waals surface area (Å²) >= 11 is 6.25. The Labute approximate surface area is 122 Å². The third-order valence-electron chi connectivity index (χ3n) is 3.32. The van der Waals surface area contributed by atoms with Crippen molar-refractivity contribution in [2.75, 3.05) is 0 Å². The number of fused-ring (bicyclic) bond motifs is 1. The van der Waals surface area contributed by atoms with Crippen LogP contribution in [-0.2, 0) is 13.2 Å². The minimum Gasteiger partial charge on any atom is -0.486 e. The van der Waals surface area contributed by atoms with E-state index in [1.54, 1.807) is 12.4 Å². The number of nitrogens with zero attached hydrogens (tertiary/aromatic N) is 2. The van der Waals surface area contributed by atoms with E-state index in [0.29, 0.717) is 6.61 Å². The van der Waals surface area contributed by atoms with Crippen LogP contribution in [-0.4, -0.2) is 9.55 Å². The molecule has 0 saturated carbocycles. The highest BCUT2D eigenvalue weighted by molar-refractivity contribution is 6.35. The molecule has 2 heterocycles. The lowest BCUT2D eigenvalue weighted by atomic mass is 10.2. The third-order valence-corrected chi connectivity index (χ3v) is 3.65. The van der Waals surface area contributed by atoms with E-state index in [1.807, 2.05) is 24.3 Å². The summed E-state index contributed by atoms with van der Waals surface area (Å²) in [7, 11) is 0. The molecule has 0 spiro atoms. The van der Waals surface area contributed by atoms with Crippen molar-refractivity contribution in [2.45, 2.75) is 20.1 Å². The van der Waals surface area contributed by atoms with Crippen molar-refractivity contribution in [3.63, 3.8) is 0 Å². The summed E-state index contributed by atoms with van der Waals surface area (Å²) < 4.78 is 8.00. The summed E-state index contributed by atoms with van der Waals surface area (Å²) in [5, 5.41) is 1.85. The van der Waals surface area contributed by atoms with Gasteiger partial charge in [0.1, 0.15) is 12.4 Å². The molecule has 0 amide bonds. The number of halogens is 1. The second-order valence-electron chi connectivity index (χ2n) is 4.53. The van der Waals surface area contributed by atoms with Gasteiger partial charge in [0, 0.05) is 28.7 Å². The number of hydrogen-bond acceptors (Lipinski definition) is 2. The van der Waals surface area contributed by atoms with E-state index in [4.69, 9.17) is 16.3 Å². The topological polar surface area (TPSA) is 27.1 Å². The molecule has 0 atom stereocenters. The van der Waals surface area contributed by atoms with Gasteiger partial charge in [0.05, 0.1) is 11.9 Å². The Morgan fingerprint density at radius 3 is 2.90 bits per heavy atom. The Hall–Kier alpha value is -2.00. The Balaban J connectivity index is 1.93. The summed E-state index contributed by atoms with van der Waals surface area (Å²) in [4.78, 5) is 4.04. The monoisotopic (exact) mass is 286 g/mol. The van der Waals surface area contributed by atoms with Crippen molar-refractivity contribution >= 4 is 22.5 Å². The van der Waals surface area contributed by atoms with Crippen LogP contribution >= 0.6 is 11.6 Å². The first-order valence-electron chi connectivity index (χ1n) is 6.59. The standard InChI is InChI=1S/C16H15ClN2O/c1-2-19-12(11-20-13-5-4-8-18-10-13)9-14-15(17)6-3-7-16(14)19/h3-10H,2,11H2,1H3. The molecule has 0 aliphatic heterocycles. The lowest BCUT2D eigenvalue weighted by molar-refractivity contribution is 0.295. The van der Waals surface area contributed by atoms with Crippen LogP contribution in [0.3, 0.4) is 0 Å². The van der Waals surface area contributed by atoms with Gasteiger partial charge in [0.25, 0.3) is 0 Å². The number of pyridine rings is 1. The van der Waals surface area contributed by atoms with Gasteiger partial charge < -0.3 is 9.30 Å². The quantitative estimate of drug-likeness (QED) is 0.715. The van der Waals surface area contributed by atoms with Gasteiger partial charge in [-0.25, -0.2) is 0 Å². The normalized spacial score (nSPS) is 10.9. The molecule has 0 bridgehead atoms. The molecule has 0 N–H and O–H groups in total. The smallest absolute Gasteiger partial charge is 0.138 e. The molecule has 0 aliphatic carbocycles. The number of aromatic nitrogens is 2. The molecule has 4 heteroatoms. The molecule has 0 unspecified atom stereocenters. The number of ether oxygens (including phenoxy) is 1. The van der Waals surface area contributed by atoms with E-state index >= 15 is 0 Å². The van der Waals surface area contributed by atoms with E-state index in [-0.39, 0.29) is 0 Å². The molecule has 0 radical (unpaired) electrons. The number of rotatable bonds is 4. The summed E-state index contributed by atoms with van der Waals surface area (Å²) in [6.45, 7) is 3.51. The van der Waals surface area contributed by atoms with Crippen LogP contribution in [0.4, 0.5) is 0 Å². The zero-order valence-electron chi connectivity index (χ0n) is 11.2. The van der Waals surface area contributed by atoms with Crippen LogP contribution in [0, 0.1) is 0 Å². The Kier molecular flexibility index (Phi) is 3.61. The van der Waals surface area contributed by atoms with Crippen molar-refractivity contribution in [3.8, 4) is 5.75 Å². The first-order valence-corrected chi connectivity index (χ1v) is 6.97. The highest BCUT2D eigenvalue weighted by Crippen LogP contribution is 2.27. The maximum atomic E-state index is 6.25. The highest BCUT2D eigenvalue weighted by atomic mass is 35.5. The molecule has 0 saturated heterocycles. The van der Waals surface area contributed by atoms with Crippen LogP contribution in [0.15, 0.2) is 48.8 Å². The maximum absolute atomic E-state index is 6.25. The predicted molar refractivity (Wildman–Crippen MR) is 81.2 cm³/mol. The molecule has 1 aromatic carbocycles. The SMILES string of the molecule is CCn1c(COc2cccnc2)cc2c(Cl)cccc21. The molecular formula is C16H15ClN2O. The first kappa shape index (κ1) is 13.0. The predicted octanol–water partition coefficient (Wildman–Crippen LogP) is 4.29. The molecule has 3 nitrogen and oxygen atoms in total. The van der Waals surface area contributed by atoms with Crippen LogP contribution in [0.25, 0.3) is 10.9 Å². The average molecular weight is 287 g/mol. The molecule has 0 fully saturated rings.